The third kappa shape index (κ3) is 0.814. The average molecular weight is 144 g/mol. The van der Waals surface area contributed by atoms with Crippen LogP contribution in [0.15, 0.2) is 0 Å². The molecule has 2 rings (SSSR count). The second kappa shape index (κ2) is 1.95. The zero-order valence-electron chi connectivity index (χ0n) is 5.94. The molecule has 1 spiro atoms. The molecule has 2 fully saturated rings. The van der Waals surface area contributed by atoms with E-state index in [0.717, 1.165) is 19.4 Å². The number of rotatable bonds is 0. The van der Waals surface area contributed by atoms with Crippen molar-refractivity contribution in [1.82, 2.24) is 10.6 Å². The van der Waals surface area contributed by atoms with Crippen LogP contribution in [0.4, 0.5) is 0 Å². The quantitative estimate of drug-likeness (QED) is 0.507. The van der Waals surface area contributed by atoms with E-state index >= 15 is 0 Å². The summed E-state index contributed by atoms with van der Waals surface area (Å²) < 4.78 is 0. The third-order valence-corrected chi connectivity index (χ3v) is 2.46. The van der Waals surface area contributed by atoms with E-state index in [9.17, 15) is 4.79 Å². The normalized spacial score (nSPS) is 29.4. The number of piperazine rings is 1. The van der Waals surface area contributed by atoms with Crippen LogP contribution in [0.1, 0.15) is 22.1 Å². The van der Waals surface area contributed by atoms with Gasteiger partial charge in [-0.3, -0.25) is 4.79 Å². The Hall–Kier alpha value is -0.570. The number of nitrogens with one attached hydrogen (secondary N) is 2. The molecule has 3 nitrogen and oxygen atoms in total. The van der Waals surface area contributed by atoms with Crippen molar-refractivity contribution in [3.63, 3.8) is 0 Å². The van der Waals surface area contributed by atoms with E-state index in [2.05, 4.69) is 10.6 Å². The monoisotopic (exact) mass is 144 g/mol. The Kier molecular flexibility index (Phi) is 1.20. The maximum absolute atomic E-state index is 10.9. The smallest absolute Gasteiger partial charge is 0.234 e. The highest BCUT2D eigenvalue weighted by atomic mass is 16.2. The summed E-state index contributed by atoms with van der Waals surface area (Å²) in [6.07, 6.45) is 3.58. The highest BCUT2D eigenvalue weighted by Gasteiger charge is 2.39. The van der Waals surface area contributed by atoms with Gasteiger partial charge >= 0.3 is 0 Å². The van der Waals surface area contributed by atoms with E-state index < -0.39 is 0 Å². The first-order chi connectivity index (χ1) is 4.81. The number of hydrogen-bond donors (Lipinski definition) is 2. The first-order valence-corrected chi connectivity index (χ1v) is 3.83. The maximum Gasteiger partial charge on any atom is 0.234 e. The first-order valence-electron chi connectivity index (χ1n) is 3.83. The molecule has 1 saturated carbocycles. The first kappa shape index (κ1) is 6.16. The zero-order chi connectivity index (χ0) is 7.03. The fourth-order valence-corrected chi connectivity index (χ4v) is 1.70. The lowest BCUT2D eigenvalue weighted by molar-refractivity contribution is -0.125. The molecule has 1 saturated heterocycles. The summed E-state index contributed by atoms with van der Waals surface area (Å²) in [5.41, 5.74) is 0.162. The molecule has 1 aliphatic heterocycles. The molecule has 1 heterocycles. The van der Waals surface area contributed by atoms with Crippen molar-refractivity contribution in [2.45, 2.75) is 24.8 Å². The van der Waals surface area contributed by atoms with E-state index in [1.807, 2.05) is 0 Å². The van der Waals surface area contributed by atoms with Gasteiger partial charge in [-0.2, -0.15) is 0 Å². The summed E-state index contributed by atoms with van der Waals surface area (Å²) in [7, 11) is 0. The topological polar surface area (TPSA) is 41.1 Å². The Balaban J connectivity index is 0.000000605. The summed E-state index contributed by atoms with van der Waals surface area (Å²) in [5.74, 6) is 0.158. The van der Waals surface area contributed by atoms with Gasteiger partial charge in [0.25, 0.3) is 0 Å². The van der Waals surface area contributed by atoms with Crippen molar-refractivity contribution >= 4 is 5.91 Å². The van der Waals surface area contributed by atoms with Gasteiger partial charge < -0.3 is 10.6 Å². The van der Waals surface area contributed by atoms with E-state index in [-0.39, 0.29) is 14.3 Å². The van der Waals surface area contributed by atoms with Gasteiger partial charge in [0.15, 0.2) is 0 Å². The van der Waals surface area contributed by atoms with Crippen LogP contribution in [0.3, 0.4) is 0 Å². The lowest BCUT2D eigenvalue weighted by Crippen LogP contribution is -2.65. The molecule has 2 aliphatic rings. The van der Waals surface area contributed by atoms with Gasteiger partial charge in [0, 0.05) is 9.40 Å². The molecule has 0 atom stereocenters. The minimum Gasteiger partial charge on any atom is -0.348 e. The fraction of sp³-hybridized carbons (Fsp3) is 0.857. The van der Waals surface area contributed by atoms with Crippen LogP contribution in [0.2, 0.25) is 0 Å². The van der Waals surface area contributed by atoms with Crippen molar-refractivity contribution in [3.8, 4) is 0 Å². The number of carbonyl (C=O) groups excluding carboxylic acids is 1. The van der Waals surface area contributed by atoms with E-state index in [0.29, 0.717) is 6.54 Å². The summed E-state index contributed by atoms with van der Waals surface area (Å²) in [6, 6.07) is 0. The van der Waals surface area contributed by atoms with Crippen LogP contribution in [0.25, 0.3) is 0 Å². The molecule has 0 aromatic carbocycles. The largest absolute Gasteiger partial charge is 0.348 e. The van der Waals surface area contributed by atoms with Crippen molar-refractivity contribution in [1.29, 1.82) is 0 Å². The van der Waals surface area contributed by atoms with Gasteiger partial charge in [-0.1, -0.05) is 0 Å². The maximum atomic E-state index is 10.9. The van der Waals surface area contributed by atoms with Crippen LogP contribution in [0, 0.1) is 0 Å². The van der Waals surface area contributed by atoms with Crippen LogP contribution in [-0.2, 0) is 4.79 Å². The minimum atomic E-state index is 0. The molecule has 2 N–H and O–H groups in total. The second-order valence-electron chi connectivity index (χ2n) is 3.29. The average Bonchev–Trinajstić information content (AvgIpc) is 1.85. The van der Waals surface area contributed by atoms with Gasteiger partial charge in [0.1, 0.15) is 0 Å². The molecule has 0 bridgehead atoms. The van der Waals surface area contributed by atoms with E-state index in [1.54, 1.807) is 0 Å². The molecule has 0 aromatic heterocycles. The van der Waals surface area contributed by atoms with Gasteiger partial charge in [-0.15, -0.1) is 0 Å². The van der Waals surface area contributed by atoms with E-state index in [4.69, 9.17) is 0 Å². The molecular weight excluding hydrogens is 128 g/mol. The molecule has 60 valence electrons. The molecular formula is C7H16N2O. The Labute approximate surface area is 63.1 Å². The van der Waals surface area contributed by atoms with Gasteiger partial charge in [-0.25, -0.2) is 0 Å². The highest BCUT2D eigenvalue weighted by Crippen LogP contribution is 2.31. The third-order valence-electron chi connectivity index (χ3n) is 2.46. The zero-order valence-corrected chi connectivity index (χ0v) is 5.94. The predicted octanol–water partition coefficient (Wildman–Crippen LogP) is 0.120. The molecule has 0 unspecified atom stereocenters. The predicted molar refractivity (Wildman–Crippen MR) is 41.8 cm³/mol. The Morgan fingerprint density at radius 3 is 2.70 bits per heavy atom. The Bertz CT molecular complexity index is 171. The number of hydrogen-bond acceptors (Lipinski definition) is 2. The number of carbonyl (C=O) groups is 1. The van der Waals surface area contributed by atoms with Crippen LogP contribution in [0.5, 0.6) is 0 Å². The highest BCUT2D eigenvalue weighted by molar-refractivity contribution is 5.80. The molecule has 3 heteroatoms. The van der Waals surface area contributed by atoms with Crippen LogP contribution in [-0.4, -0.2) is 24.5 Å². The van der Waals surface area contributed by atoms with Crippen molar-refractivity contribution in [3.05, 3.63) is 0 Å². The SMILES string of the molecule is O=C1CNCC2(CCC2)N1.[HH].[HH]. The summed E-state index contributed by atoms with van der Waals surface area (Å²) in [5, 5.41) is 6.14. The minimum absolute atomic E-state index is 0. The molecule has 1 aliphatic carbocycles. The molecule has 10 heavy (non-hydrogen) atoms. The summed E-state index contributed by atoms with van der Waals surface area (Å²) in [4.78, 5) is 10.9. The van der Waals surface area contributed by atoms with Gasteiger partial charge in [0.05, 0.1) is 12.1 Å². The van der Waals surface area contributed by atoms with Crippen LogP contribution < -0.4 is 10.6 Å². The van der Waals surface area contributed by atoms with Crippen molar-refractivity contribution in [2.75, 3.05) is 13.1 Å². The summed E-state index contributed by atoms with van der Waals surface area (Å²) >= 11 is 0. The standard InChI is InChI=1S/C7H12N2O.2H2/c10-6-4-8-5-7(9-6)2-1-3-7;;/h8H,1-5H2,(H,9,10);2*1H. The molecule has 0 aromatic rings. The Morgan fingerprint density at radius 2 is 2.30 bits per heavy atom. The van der Waals surface area contributed by atoms with Crippen molar-refractivity contribution in [2.24, 2.45) is 0 Å². The van der Waals surface area contributed by atoms with E-state index in [1.165, 1.54) is 6.42 Å². The number of amides is 1. The molecule has 0 radical (unpaired) electrons. The van der Waals surface area contributed by atoms with Gasteiger partial charge in [-0.05, 0) is 19.3 Å². The molecule has 1 amide bonds. The lowest BCUT2D eigenvalue weighted by atomic mass is 9.76. The second-order valence-corrected chi connectivity index (χ2v) is 3.29. The summed E-state index contributed by atoms with van der Waals surface area (Å²) in [6.45, 7) is 1.47. The lowest BCUT2D eigenvalue weighted by Gasteiger charge is -2.45. The van der Waals surface area contributed by atoms with Crippen LogP contribution >= 0.6 is 0 Å². The van der Waals surface area contributed by atoms with Crippen molar-refractivity contribution < 1.29 is 7.65 Å². The Morgan fingerprint density at radius 1 is 1.50 bits per heavy atom. The van der Waals surface area contributed by atoms with Gasteiger partial charge in [0.2, 0.25) is 5.91 Å². The fourth-order valence-electron chi connectivity index (χ4n) is 1.70.